The van der Waals surface area contributed by atoms with Crippen LogP contribution in [0.5, 0.6) is 5.88 Å². The monoisotopic (exact) mass is 542 g/mol. The molecule has 4 aromatic rings. The molecule has 2 aromatic heterocycles. The maximum absolute atomic E-state index is 13.6. The van der Waals surface area contributed by atoms with Crippen LogP contribution in [0.3, 0.4) is 0 Å². The van der Waals surface area contributed by atoms with Crippen molar-refractivity contribution < 1.29 is 23.8 Å². The number of aromatic nitrogens is 4. The summed E-state index contributed by atoms with van der Waals surface area (Å²) in [5.41, 5.74) is 10.8. The molecule has 3 heterocycles. The van der Waals surface area contributed by atoms with Crippen molar-refractivity contribution in [3.8, 4) is 5.88 Å². The van der Waals surface area contributed by atoms with Gasteiger partial charge in [0, 0.05) is 11.8 Å². The van der Waals surface area contributed by atoms with Crippen LogP contribution in [-0.2, 0) is 14.3 Å². The van der Waals surface area contributed by atoms with Crippen LogP contribution in [0.1, 0.15) is 32.3 Å². The third-order valence-corrected chi connectivity index (χ3v) is 6.37. The van der Waals surface area contributed by atoms with Crippen LogP contribution in [-0.4, -0.2) is 49.8 Å². The Morgan fingerprint density at radius 2 is 1.75 bits per heavy atom. The molecule has 0 spiro atoms. The van der Waals surface area contributed by atoms with Gasteiger partial charge in [-0.05, 0) is 43.1 Å². The first-order chi connectivity index (χ1) is 19.4. The van der Waals surface area contributed by atoms with E-state index in [1.807, 2.05) is 43.3 Å². The highest BCUT2D eigenvalue weighted by Crippen LogP contribution is 2.38. The highest BCUT2D eigenvalue weighted by Gasteiger charge is 2.47. The van der Waals surface area contributed by atoms with Crippen LogP contribution in [0.2, 0.25) is 0 Å². The van der Waals surface area contributed by atoms with Crippen molar-refractivity contribution in [2.45, 2.75) is 51.7 Å². The molecule has 1 amide bonds. The number of rotatable bonds is 7. The molecule has 4 atom stereocenters. The van der Waals surface area contributed by atoms with E-state index < -0.39 is 36.5 Å². The van der Waals surface area contributed by atoms with Gasteiger partial charge >= 0.3 is 12.1 Å². The first-order valence-corrected chi connectivity index (χ1v) is 12.6. The number of esters is 1. The summed E-state index contributed by atoms with van der Waals surface area (Å²) in [5, 5.41) is 3.84. The Bertz CT molecular complexity index is 1530. The summed E-state index contributed by atoms with van der Waals surface area (Å²) in [6.45, 7) is 4.79. The molecule has 13 nitrogen and oxygen atoms in total. The lowest BCUT2D eigenvalue weighted by atomic mass is 10.1. The van der Waals surface area contributed by atoms with Crippen molar-refractivity contribution >= 4 is 34.6 Å². The van der Waals surface area contributed by atoms with Crippen molar-refractivity contribution in [3.05, 3.63) is 83.3 Å². The highest BCUT2D eigenvalue weighted by molar-refractivity contribution is 5.97. The number of aryl methyl sites for hydroxylation is 1. The minimum atomic E-state index is -0.927. The number of benzene rings is 2. The largest absolute Gasteiger partial charge is 0.457 e. The molecule has 0 saturated carbocycles. The summed E-state index contributed by atoms with van der Waals surface area (Å²) >= 11 is 0. The number of hydrogen-bond acceptors (Lipinski definition) is 9. The number of para-hydroxylation sites is 2. The molecule has 0 aliphatic carbocycles. The van der Waals surface area contributed by atoms with Gasteiger partial charge < -0.3 is 14.2 Å². The van der Waals surface area contributed by atoms with Crippen LogP contribution < -0.4 is 9.64 Å². The molecule has 204 valence electrons. The molecule has 0 bridgehead atoms. The molecule has 4 unspecified atom stereocenters. The van der Waals surface area contributed by atoms with E-state index in [1.54, 1.807) is 35.8 Å². The van der Waals surface area contributed by atoms with E-state index in [0.717, 1.165) is 0 Å². The fourth-order valence-corrected chi connectivity index (χ4v) is 4.69. The Hall–Kier alpha value is -5.00. The first-order valence-electron chi connectivity index (χ1n) is 12.6. The van der Waals surface area contributed by atoms with E-state index in [1.165, 1.54) is 18.2 Å². The third kappa shape index (κ3) is 5.15. The number of fused-ring (bicyclic) bond motifs is 1. The smallest absolute Gasteiger partial charge is 0.425 e. The third-order valence-electron chi connectivity index (χ3n) is 6.37. The Morgan fingerprint density at radius 3 is 2.33 bits per heavy atom. The molecular formula is C27H26N8O5. The van der Waals surface area contributed by atoms with E-state index in [9.17, 15) is 9.59 Å². The molecule has 1 fully saturated rings. The molecule has 1 aliphatic heterocycles. The number of carbonyl (C=O) groups is 2. The zero-order valence-corrected chi connectivity index (χ0v) is 22.0. The average Bonchev–Trinajstić information content (AvgIpc) is 3.51. The number of azide groups is 1. The summed E-state index contributed by atoms with van der Waals surface area (Å²) in [4.78, 5) is 43.1. The number of carbonyl (C=O) groups excluding carboxylic acids is 2. The first kappa shape index (κ1) is 26.6. The second-order valence-corrected chi connectivity index (χ2v) is 9.02. The molecule has 1 saturated heterocycles. The van der Waals surface area contributed by atoms with E-state index in [2.05, 4.69) is 25.0 Å². The van der Waals surface area contributed by atoms with E-state index in [4.69, 9.17) is 19.7 Å². The zero-order chi connectivity index (χ0) is 28.2. The Balaban J connectivity index is 1.53. The normalized spacial score (nSPS) is 20.1. The van der Waals surface area contributed by atoms with Crippen LogP contribution in [0.15, 0.2) is 72.1 Å². The lowest BCUT2D eigenvalue weighted by molar-refractivity contribution is -0.152. The van der Waals surface area contributed by atoms with Crippen LogP contribution in [0, 0.1) is 6.92 Å². The van der Waals surface area contributed by atoms with Crippen molar-refractivity contribution in [2.24, 2.45) is 5.11 Å². The van der Waals surface area contributed by atoms with Gasteiger partial charge in [-0.2, -0.15) is 4.98 Å². The van der Waals surface area contributed by atoms with Gasteiger partial charge in [0.25, 0.3) is 5.88 Å². The summed E-state index contributed by atoms with van der Waals surface area (Å²) in [6, 6.07) is 17.4. The number of imidazole rings is 1. The molecule has 5 rings (SSSR count). The quantitative estimate of drug-likeness (QED) is 0.130. The van der Waals surface area contributed by atoms with Crippen molar-refractivity contribution in [1.29, 1.82) is 0 Å². The van der Waals surface area contributed by atoms with Gasteiger partial charge in [0.15, 0.2) is 23.5 Å². The molecule has 2 aromatic carbocycles. The van der Waals surface area contributed by atoms with Crippen LogP contribution >= 0.6 is 0 Å². The second-order valence-electron chi connectivity index (χ2n) is 9.02. The van der Waals surface area contributed by atoms with Crippen molar-refractivity contribution in [2.75, 3.05) is 4.90 Å². The van der Waals surface area contributed by atoms with Gasteiger partial charge in [0.05, 0.1) is 23.8 Å². The summed E-state index contributed by atoms with van der Waals surface area (Å²) in [5.74, 6) is -0.298. The summed E-state index contributed by atoms with van der Waals surface area (Å²) in [7, 11) is 0. The van der Waals surface area contributed by atoms with Crippen LogP contribution in [0.25, 0.3) is 21.6 Å². The Labute approximate surface area is 229 Å². The Kier molecular flexibility index (Phi) is 7.58. The van der Waals surface area contributed by atoms with Gasteiger partial charge in [-0.25, -0.2) is 19.7 Å². The maximum atomic E-state index is 13.6. The topological polar surface area (TPSA) is 157 Å². The maximum Gasteiger partial charge on any atom is 0.425 e. The van der Waals surface area contributed by atoms with E-state index in [0.29, 0.717) is 29.3 Å². The molecule has 0 N–H and O–H groups in total. The fourth-order valence-electron chi connectivity index (χ4n) is 4.69. The summed E-state index contributed by atoms with van der Waals surface area (Å²) < 4.78 is 19.1. The van der Waals surface area contributed by atoms with E-state index in [-0.39, 0.29) is 11.4 Å². The highest BCUT2D eigenvalue weighted by atomic mass is 16.6. The van der Waals surface area contributed by atoms with Crippen molar-refractivity contribution in [3.63, 3.8) is 0 Å². The number of amides is 1. The zero-order valence-electron chi connectivity index (χ0n) is 22.0. The SMILES string of the molecule is CCC1OC(n2cnc3c(OC(=O)N(c4ccccc4)c4ccccc4)nc(C)nc32)C(OC(C)=O)C1N=[N+]=[N-]. The van der Waals surface area contributed by atoms with Crippen molar-refractivity contribution in [1.82, 2.24) is 19.5 Å². The minimum Gasteiger partial charge on any atom is -0.457 e. The molecule has 40 heavy (non-hydrogen) atoms. The van der Waals surface area contributed by atoms with Crippen LogP contribution in [0.4, 0.5) is 16.2 Å². The predicted molar refractivity (Wildman–Crippen MR) is 144 cm³/mol. The van der Waals surface area contributed by atoms with Gasteiger partial charge in [-0.15, -0.1) is 0 Å². The summed E-state index contributed by atoms with van der Waals surface area (Å²) in [6.07, 6.45) is -1.07. The molecule has 0 radical (unpaired) electrons. The number of ether oxygens (including phenoxy) is 3. The van der Waals surface area contributed by atoms with E-state index >= 15 is 0 Å². The number of nitrogens with zero attached hydrogens (tertiary/aromatic N) is 8. The standard InChI is InChI=1S/C27H26N8O5/c1-4-20-21(32-33-28)23(38-17(3)36)26(39-20)34-15-29-22-24(34)30-16(2)31-25(22)40-27(37)35(18-11-7-5-8-12-18)19-13-9-6-10-14-19/h5-15,20-21,23,26H,4H2,1-3H3. The van der Waals surface area contributed by atoms with Gasteiger partial charge in [0.2, 0.25) is 0 Å². The van der Waals surface area contributed by atoms with Gasteiger partial charge in [-0.1, -0.05) is 48.4 Å². The second kappa shape index (κ2) is 11.4. The van der Waals surface area contributed by atoms with Gasteiger partial charge in [-0.3, -0.25) is 9.36 Å². The molecule has 1 aliphatic rings. The number of hydrogen-bond donors (Lipinski definition) is 0. The lowest BCUT2D eigenvalue weighted by Gasteiger charge is -2.22. The predicted octanol–water partition coefficient (Wildman–Crippen LogP) is 5.39. The molecular weight excluding hydrogens is 516 g/mol. The Morgan fingerprint density at radius 1 is 1.10 bits per heavy atom. The lowest BCUT2D eigenvalue weighted by Crippen LogP contribution is -2.34. The number of anilines is 2. The fraction of sp³-hybridized carbons (Fsp3) is 0.296. The van der Waals surface area contributed by atoms with Gasteiger partial charge in [0.1, 0.15) is 11.9 Å². The average molecular weight is 543 g/mol. The minimum absolute atomic E-state index is 0.0521. The molecule has 13 heteroatoms.